The molecular formula is C19H18N2O4S. The van der Waals surface area contributed by atoms with Crippen molar-refractivity contribution < 1.29 is 19.1 Å². The highest BCUT2D eigenvalue weighted by Gasteiger charge is 2.23. The lowest BCUT2D eigenvalue weighted by atomic mass is 10.0. The highest BCUT2D eigenvalue weighted by molar-refractivity contribution is 8.18. The summed E-state index contributed by atoms with van der Waals surface area (Å²) in [6.45, 7) is 5.22. The first-order valence-electron chi connectivity index (χ1n) is 7.66. The van der Waals surface area contributed by atoms with E-state index in [1.165, 1.54) is 14.0 Å². The van der Waals surface area contributed by atoms with Crippen molar-refractivity contribution in [3.63, 3.8) is 0 Å². The average Bonchev–Trinajstić information content (AvgIpc) is 2.92. The number of terminal acetylenes is 1. The van der Waals surface area contributed by atoms with E-state index in [9.17, 15) is 9.59 Å². The Morgan fingerprint density at radius 1 is 1.50 bits per heavy atom. The number of nitrogens with zero attached hydrogens (tertiary/aromatic N) is 1. The van der Waals surface area contributed by atoms with Gasteiger partial charge in [0.2, 0.25) is 5.91 Å². The summed E-state index contributed by atoms with van der Waals surface area (Å²) >= 11 is 1.10. The Hall–Kier alpha value is -2.98. The molecule has 1 aromatic rings. The zero-order valence-corrected chi connectivity index (χ0v) is 15.3. The fourth-order valence-electron chi connectivity index (χ4n) is 2.27. The van der Waals surface area contributed by atoms with E-state index in [2.05, 4.69) is 22.8 Å². The third-order valence-electron chi connectivity index (χ3n) is 3.24. The fourth-order valence-corrected chi connectivity index (χ4v) is 3.13. The van der Waals surface area contributed by atoms with Crippen molar-refractivity contribution in [1.29, 1.82) is 0 Å². The second-order valence-corrected chi connectivity index (χ2v) is 6.24. The maximum absolute atomic E-state index is 12.0. The molecule has 1 N–H and O–H groups in total. The minimum absolute atomic E-state index is 0.114. The molecule has 26 heavy (non-hydrogen) atoms. The van der Waals surface area contributed by atoms with E-state index in [-0.39, 0.29) is 17.7 Å². The summed E-state index contributed by atoms with van der Waals surface area (Å²) in [6, 6.07) is 3.61. The molecule has 1 aliphatic heterocycles. The SMILES string of the molecule is C#CCOc1c(CC=C)cc(/C=C2/SC(NC(C)=O)=NC2=O)cc1OC. The van der Waals surface area contributed by atoms with Crippen molar-refractivity contribution in [3.8, 4) is 23.8 Å². The van der Waals surface area contributed by atoms with Crippen molar-refractivity contribution in [1.82, 2.24) is 5.32 Å². The summed E-state index contributed by atoms with van der Waals surface area (Å²) in [5.41, 5.74) is 1.57. The molecule has 7 heteroatoms. The van der Waals surface area contributed by atoms with Crippen LogP contribution in [0.4, 0.5) is 0 Å². The second kappa shape index (κ2) is 8.92. The Morgan fingerprint density at radius 2 is 2.27 bits per heavy atom. The van der Waals surface area contributed by atoms with Gasteiger partial charge in [0.05, 0.1) is 12.0 Å². The third kappa shape index (κ3) is 4.77. The molecule has 1 aliphatic rings. The quantitative estimate of drug-likeness (QED) is 0.473. The monoisotopic (exact) mass is 370 g/mol. The first kappa shape index (κ1) is 19.3. The smallest absolute Gasteiger partial charge is 0.286 e. The molecule has 1 heterocycles. The Balaban J connectivity index is 2.37. The second-order valence-electron chi connectivity index (χ2n) is 5.21. The number of amidine groups is 1. The maximum atomic E-state index is 12.0. The van der Waals surface area contributed by atoms with E-state index in [4.69, 9.17) is 15.9 Å². The molecule has 0 radical (unpaired) electrons. The van der Waals surface area contributed by atoms with Crippen LogP contribution in [0.15, 0.2) is 34.7 Å². The van der Waals surface area contributed by atoms with E-state index < -0.39 is 5.91 Å². The molecule has 0 spiro atoms. The summed E-state index contributed by atoms with van der Waals surface area (Å²) in [7, 11) is 1.53. The van der Waals surface area contributed by atoms with Gasteiger partial charge in [-0.05, 0) is 42.0 Å². The normalized spacial score (nSPS) is 14.6. The molecule has 0 aromatic heterocycles. The number of rotatable bonds is 6. The number of hydrogen-bond acceptors (Lipinski definition) is 5. The lowest BCUT2D eigenvalue weighted by molar-refractivity contribution is -0.117. The summed E-state index contributed by atoms with van der Waals surface area (Å²) in [5.74, 6) is 2.79. The molecule has 0 saturated carbocycles. The lowest BCUT2D eigenvalue weighted by Gasteiger charge is -2.14. The standard InChI is InChI=1S/C19H18N2O4S/c1-5-7-14-9-13(10-15(24-4)17(14)25-8-6-2)11-16-18(23)21-19(26-16)20-12(3)22/h2,5,9-11H,1,7-8H2,3-4H3,(H,20,21,22,23)/b16-11+. The summed E-state index contributed by atoms with van der Waals surface area (Å²) in [6.07, 6.45) is 9.23. The van der Waals surface area contributed by atoms with Crippen LogP contribution in [-0.2, 0) is 16.0 Å². The van der Waals surface area contributed by atoms with Gasteiger partial charge in [-0.3, -0.25) is 9.59 Å². The molecule has 0 fully saturated rings. The van der Waals surface area contributed by atoms with Crippen LogP contribution in [0.1, 0.15) is 18.1 Å². The highest BCUT2D eigenvalue weighted by atomic mass is 32.2. The highest BCUT2D eigenvalue weighted by Crippen LogP contribution is 2.35. The van der Waals surface area contributed by atoms with Gasteiger partial charge in [-0.25, -0.2) is 0 Å². The lowest BCUT2D eigenvalue weighted by Crippen LogP contribution is -2.23. The Bertz CT molecular complexity index is 850. The largest absolute Gasteiger partial charge is 0.493 e. The van der Waals surface area contributed by atoms with Crippen molar-refractivity contribution in [2.24, 2.45) is 4.99 Å². The van der Waals surface area contributed by atoms with E-state index in [0.717, 1.165) is 22.9 Å². The number of hydrogen-bond donors (Lipinski definition) is 1. The molecule has 0 unspecified atom stereocenters. The van der Waals surface area contributed by atoms with Gasteiger partial charge < -0.3 is 14.8 Å². The zero-order valence-electron chi connectivity index (χ0n) is 14.5. The number of nitrogens with one attached hydrogen (secondary N) is 1. The molecule has 2 amide bonds. The molecule has 0 aliphatic carbocycles. The van der Waals surface area contributed by atoms with Crippen molar-refractivity contribution >= 4 is 34.8 Å². The zero-order chi connectivity index (χ0) is 19.1. The number of aliphatic imine (C=N–C) groups is 1. The molecule has 0 bridgehead atoms. The first-order valence-corrected chi connectivity index (χ1v) is 8.48. The van der Waals surface area contributed by atoms with Crippen LogP contribution >= 0.6 is 11.8 Å². The minimum atomic E-state index is -0.407. The summed E-state index contributed by atoms with van der Waals surface area (Å²) < 4.78 is 11.0. The number of allylic oxidation sites excluding steroid dienone is 1. The van der Waals surface area contributed by atoms with Gasteiger partial charge >= 0.3 is 0 Å². The third-order valence-corrected chi connectivity index (χ3v) is 4.14. The molecular weight excluding hydrogens is 352 g/mol. The van der Waals surface area contributed by atoms with Crippen LogP contribution in [0.5, 0.6) is 11.5 Å². The molecule has 1 aromatic carbocycles. The van der Waals surface area contributed by atoms with Crippen molar-refractivity contribution in [3.05, 3.63) is 40.8 Å². The van der Waals surface area contributed by atoms with Gasteiger partial charge in [0.25, 0.3) is 5.91 Å². The number of amides is 2. The van der Waals surface area contributed by atoms with Gasteiger partial charge in [-0.2, -0.15) is 4.99 Å². The molecule has 0 saturated heterocycles. The average molecular weight is 370 g/mol. The maximum Gasteiger partial charge on any atom is 0.286 e. The van der Waals surface area contributed by atoms with Crippen LogP contribution in [0.2, 0.25) is 0 Å². The topological polar surface area (TPSA) is 77.0 Å². The molecule has 134 valence electrons. The predicted molar refractivity (Wildman–Crippen MR) is 103 cm³/mol. The number of carbonyl (C=O) groups excluding carboxylic acids is 2. The first-order chi connectivity index (χ1) is 12.5. The molecule has 2 rings (SSSR count). The van der Waals surface area contributed by atoms with Gasteiger partial charge in [0, 0.05) is 12.5 Å². The van der Waals surface area contributed by atoms with Crippen molar-refractivity contribution in [2.45, 2.75) is 13.3 Å². The fraction of sp³-hybridized carbons (Fsp3) is 0.211. The van der Waals surface area contributed by atoms with Crippen LogP contribution in [-0.4, -0.2) is 30.7 Å². The Morgan fingerprint density at radius 3 is 2.88 bits per heavy atom. The van der Waals surface area contributed by atoms with Gasteiger partial charge in [-0.1, -0.05) is 12.0 Å². The Labute approximate surface area is 156 Å². The minimum Gasteiger partial charge on any atom is -0.493 e. The summed E-state index contributed by atoms with van der Waals surface area (Å²) in [5, 5.41) is 2.77. The van der Waals surface area contributed by atoms with E-state index in [1.54, 1.807) is 18.2 Å². The number of thioether (sulfide) groups is 1. The van der Waals surface area contributed by atoms with E-state index in [1.807, 2.05) is 6.07 Å². The van der Waals surface area contributed by atoms with Gasteiger partial charge in [0.1, 0.15) is 6.61 Å². The van der Waals surface area contributed by atoms with Gasteiger partial charge in [0.15, 0.2) is 16.7 Å². The number of benzene rings is 1. The van der Waals surface area contributed by atoms with Gasteiger partial charge in [-0.15, -0.1) is 13.0 Å². The van der Waals surface area contributed by atoms with E-state index in [0.29, 0.717) is 22.8 Å². The number of carbonyl (C=O) groups is 2. The molecule has 0 atom stereocenters. The predicted octanol–water partition coefficient (Wildman–Crippen LogP) is 2.54. The Kier molecular flexibility index (Phi) is 6.64. The molecule has 6 nitrogen and oxygen atoms in total. The van der Waals surface area contributed by atoms with Crippen LogP contribution in [0.3, 0.4) is 0 Å². The summed E-state index contributed by atoms with van der Waals surface area (Å²) in [4.78, 5) is 27.3. The van der Waals surface area contributed by atoms with Crippen molar-refractivity contribution in [2.75, 3.05) is 13.7 Å². The van der Waals surface area contributed by atoms with E-state index >= 15 is 0 Å². The van der Waals surface area contributed by atoms with Crippen LogP contribution < -0.4 is 14.8 Å². The van der Waals surface area contributed by atoms with Crippen LogP contribution in [0.25, 0.3) is 6.08 Å². The van der Waals surface area contributed by atoms with Crippen LogP contribution in [0, 0.1) is 12.3 Å². The number of methoxy groups -OCH3 is 1. The number of ether oxygens (including phenoxy) is 2.